The molecule has 3 rings (SSSR count). The molecule has 0 bridgehead atoms. The van der Waals surface area contributed by atoms with Crippen LogP contribution < -0.4 is 14.8 Å². The summed E-state index contributed by atoms with van der Waals surface area (Å²) in [6.45, 7) is 6.06. The minimum absolute atomic E-state index is 0.0562. The van der Waals surface area contributed by atoms with E-state index in [0.717, 1.165) is 30.0 Å². The van der Waals surface area contributed by atoms with Crippen LogP contribution in [0.2, 0.25) is 0 Å². The first-order valence-corrected chi connectivity index (χ1v) is 8.17. The van der Waals surface area contributed by atoms with Crippen LogP contribution in [-0.4, -0.2) is 24.9 Å². The molecule has 2 aromatic carbocycles. The van der Waals surface area contributed by atoms with Gasteiger partial charge in [0.25, 0.3) is 0 Å². The molecular formula is C19H23NO3. The SMILES string of the molecule is CCOc1cc2c(cc1OCC)[C@@H](c1cccc(O)c1)NCC2. The highest BCUT2D eigenvalue weighted by Crippen LogP contribution is 2.38. The molecule has 1 aliphatic rings. The molecule has 1 atom stereocenters. The number of hydrogen-bond donors (Lipinski definition) is 2. The Morgan fingerprint density at radius 1 is 1.09 bits per heavy atom. The third-order valence-electron chi connectivity index (χ3n) is 4.06. The largest absolute Gasteiger partial charge is 0.508 e. The molecule has 0 unspecified atom stereocenters. The van der Waals surface area contributed by atoms with Gasteiger partial charge in [0, 0.05) is 6.54 Å². The fraction of sp³-hybridized carbons (Fsp3) is 0.368. The van der Waals surface area contributed by atoms with E-state index in [0.29, 0.717) is 13.2 Å². The molecule has 0 saturated heterocycles. The third-order valence-corrected chi connectivity index (χ3v) is 4.06. The maximum absolute atomic E-state index is 9.77. The summed E-state index contributed by atoms with van der Waals surface area (Å²) in [6.07, 6.45) is 0.955. The van der Waals surface area contributed by atoms with Gasteiger partial charge in [-0.1, -0.05) is 12.1 Å². The number of ether oxygens (including phenoxy) is 2. The second-order valence-corrected chi connectivity index (χ2v) is 5.60. The van der Waals surface area contributed by atoms with E-state index >= 15 is 0 Å². The summed E-state index contributed by atoms with van der Waals surface area (Å²) in [6, 6.07) is 11.6. The van der Waals surface area contributed by atoms with Crippen molar-refractivity contribution in [2.24, 2.45) is 0 Å². The van der Waals surface area contributed by atoms with Crippen LogP contribution in [0.25, 0.3) is 0 Å². The normalized spacial score (nSPS) is 16.7. The van der Waals surface area contributed by atoms with Gasteiger partial charge in [0.1, 0.15) is 5.75 Å². The molecule has 2 N–H and O–H groups in total. The Morgan fingerprint density at radius 2 is 1.83 bits per heavy atom. The van der Waals surface area contributed by atoms with Crippen molar-refractivity contribution in [2.75, 3.05) is 19.8 Å². The molecule has 0 fully saturated rings. The van der Waals surface area contributed by atoms with E-state index in [1.807, 2.05) is 32.0 Å². The number of nitrogens with one attached hydrogen (secondary N) is 1. The summed E-state index contributed by atoms with van der Waals surface area (Å²) in [7, 11) is 0. The Labute approximate surface area is 137 Å². The summed E-state index contributed by atoms with van der Waals surface area (Å²) in [5.74, 6) is 1.87. The molecule has 0 aromatic heterocycles. The Hall–Kier alpha value is -2.20. The average Bonchev–Trinajstić information content (AvgIpc) is 2.55. The van der Waals surface area contributed by atoms with Crippen LogP contribution in [0.1, 0.15) is 36.6 Å². The van der Waals surface area contributed by atoms with Crippen molar-refractivity contribution in [3.63, 3.8) is 0 Å². The van der Waals surface area contributed by atoms with E-state index < -0.39 is 0 Å². The Kier molecular flexibility index (Phi) is 4.72. The van der Waals surface area contributed by atoms with Gasteiger partial charge in [-0.15, -0.1) is 0 Å². The van der Waals surface area contributed by atoms with E-state index in [-0.39, 0.29) is 11.8 Å². The van der Waals surface area contributed by atoms with Crippen LogP contribution >= 0.6 is 0 Å². The fourth-order valence-corrected chi connectivity index (χ4v) is 3.10. The molecule has 2 aromatic rings. The van der Waals surface area contributed by atoms with Crippen molar-refractivity contribution in [1.29, 1.82) is 0 Å². The quantitative estimate of drug-likeness (QED) is 0.888. The lowest BCUT2D eigenvalue weighted by molar-refractivity contribution is 0.286. The Morgan fingerprint density at radius 3 is 2.52 bits per heavy atom. The van der Waals surface area contributed by atoms with E-state index in [1.54, 1.807) is 6.07 Å². The maximum Gasteiger partial charge on any atom is 0.161 e. The second-order valence-electron chi connectivity index (χ2n) is 5.60. The molecule has 0 saturated carbocycles. The standard InChI is InChI=1S/C19H23NO3/c1-3-22-17-11-13-8-9-20-19(14-6-5-7-15(21)10-14)16(13)12-18(17)23-4-2/h5-7,10-12,19-21H,3-4,8-9H2,1-2H3/t19-/m1/s1. The number of fused-ring (bicyclic) bond motifs is 1. The maximum atomic E-state index is 9.77. The highest BCUT2D eigenvalue weighted by atomic mass is 16.5. The monoisotopic (exact) mass is 313 g/mol. The van der Waals surface area contributed by atoms with Crippen molar-refractivity contribution in [3.05, 3.63) is 53.1 Å². The zero-order valence-corrected chi connectivity index (χ0v) is 13.6. The number of aromatic hydroxyl groups is 1. The number of phenols is 1. The van der Waals surface area contributed by atoms with E-state index in [2.05, 4.69) is 17.4 Å². The minimum Gasteiger partial charge on any atom is -0.508 e. The van der Waals surface area contributed by atoms with Gasteiger partial charge in [0.05, 0.1) is 19.3 Å². The molecule has 0 amide bonds. The zero-order chi connectivity index (χ0) is 16.2. The summed E-state index contributed by atoms with van der Waals surface area (Å²) in [5.41, 5.74) is 3.51. The van der Waals surface area contributed by atoms with Gasteiger partial charge in [0.2, 0.25) is 0 Å². The van der Waals surface area contributed by atoms with Crippen LogP contribution in [0, 0.1) is 0 Å². The van der Waals surface area contributed by atoms with Crippen LogP contribution in [-0.2, 0) is 6.42 Å². The van der Waals surface area contributed by atoms with Crippen LogP contribution in [0.5, 0.6) is 17.2 Å². The second kappa shape index (κ2) is 6.92. The predicted octanol–water partition coefficient (Wildman–Crippen LogP) is 3.42. The van der Waals surface area contributed by atoms with Crippen molar-refractivity contribution in [1.82, 2.24) is 5.32 Å². The van der Waals surface area contributed by atoms with Gasteiger partial charge < -0.3 is 19.9 Å². The fourth-order valence-electron chi connectivity index (χ4n) is 3.10. The van der Waals surface area contributed by atoms with E-state index in [9.17, 15) is 5.11 Å². The van der Waals surface area contributed by atoms with Gasteiger partial charge >= 0.3 is 0 Å². The number of benzene rings is 2. The molecular weight excluding hydrogens is 290 g/mol. The zero-order valence-electron chi connectivity index (χ0n) is 13.6. The smallest absolute Gasteiger partial charge is 0.161 e. The molecule has 4 heteroatoms. The third kappa shape index (κ3) is 3.27. The van der Waals surface area contributed by atoms with Gasteiger partial charge in [-0.3, -0.25) is 0 Å². The lowest BCUT2D eigenvalue weighted by Crippen LogP contribution is -2.30. The van der Waals surface area contributed by atoms with E-state index in [4.69, 9.17) is 9.47 Å². The molecule has 1 heterocycles. The lowest BCUT2D eigenvalue weighted by Gasteiger charge is -2.29. The topological polar surface area (TPSA) is 50.7 Å². The van der Waals surface area contributed by atoms with Crippen molar-refractivity contribution in [3.8, 4) is 17.2 Å². The predicted molar refractivity (Wildman–Crippen MR) is 90.4 cm³/mol. The van der Waals surface area contributed by atoms with Crippen molar-refractivity contribution < 1.29 is 14.6 Å². The average molecular weight is 313 g/mol. The number of phenolic OH excluding ortho intramolecular Hbond substituents is 1. The summed E-state index contributed by atoms with van der Waals surface area (Å²) >= 11 is 0. The minimum atomic E-state index is 0.0562. The summed E-state index contributed by atoms with van der Waals surface area (Å²) in [5, 5.41) is 13.3. The first-order chi connectivity index (χ1) is 11.2. The van der Waals surface area contributed by atoms with Crippen LogP contribution in [0.15, 0.2) is 36.4 Å². The number of rotatable bonds is 5. The molecule has 0 spiro atoms. The molecule has 0 aliphatic carbocycles. The highest BCUT2D eigenvalue weighted by Gasteiger charge is 2.24. The highest BCUT2D eigenvalue weighted by molar-refractivity contribution is 5.52. The number of hydrogen-bond acceptors (Lipinski definition) is 4. The van der Waals surface area contributed by atoms with Gasteiger partial charge in [-0.25, -0.2) is 0 Å². The summed E-state index contributed by atoms with van der Waals surface area (Å²) < 4.78 is 11.5. The molecule has 0 radical (unpaired) electrons. The molecule has 1 aliphatic heterocycles. The Bertz CT molecular complexity index is 684. The van der Waals surface area contributed by atoms with Gasteiger partial charge in [0.15, 0.2) is 11.5 Å². The van der Waals surface area contributed by atoms with Crippen LogP contribution in [0.3, 0.4) is 0 Å². The molecule has 23 heavy (non-hydrogen) atoms. The molecule has 4 nitrogen and oxygen atoms in total. The summed E-state index contributed by atoms with van der Waals surface area (Å²) in [4.78, 5) is 0. The van der Waals surface area contributed by atoms with Crippen molar-refractivity contribution in [2.45, 2.75) is 26.3 Å². The Balaban J connectivity index is 2.05. The van der Waals surface area contributed by atoms with Crippen molar-refractivity contribution >= 4 is 0 Å². The lowest BCUT2D eigenvalue weighted by atomic mass is 9.89. The van der Waals surface area contributed by atoms with E-state index in [1.165, 1.54) is 11.1 Å². The van der Waals surface area contributed by atoms with Gasteiger partial charge in [-0.05, 0) is 61.2 Å². The van der Waals surface area contributed by atoms with Crippen LogP contribution in [0.4, 0.5) is 0 Å². The first-order valence-electron chi connectivity index (χ1n) is 8.17. The van der Waals surface area contributed by atoms with Gasteiger partial charge in [-0.2, -0.15) is 0 Å². The first kappa shape index (κ1) is 15.7. The molecule has 122 valence electrons.